The molecule has 1 N–H and O–H groups in total. The molecule has 0 bridgehead atoms. The van der Waals surface area contributed by atoms with Crippen molar-refractivity contribution in [2.45, 2.75) is 13.3 Å². The maximum Gasteiger partial charge on any atom is 0.272 e. The summed E-state index contributed by atoms with van der Waals surface area (Å²) < 4.78 is 18.3. The molecular weight excluding hydrogens is 311 g/mol. The Hall–Kier alpha value is -2.70. The Morgan fingerprint density at radius 3 is 2.67 bits per heavy atom. The Labute approximate surface area is 140 Å². The molecule has 128 valence electrons. The number of benzene rings is 1. The topological polar surface area (TPSA) is 67.4 Å². The summed E-state index contributed by atoms with van der Waals surface area (Å²) in [4.78, 5) is 22.3. The van der Waals surface area contributed by atoms with Crippen LogP contribution in [0.15, 0.2) is 30.3 Å². The third kappa shape index (κ3) is 4.91. The number of nitrogens with zero attached hydrogens (tertiary/aromatic N) is 3. The van der Waals surface area contributed by atoms with Crippen molar-refractivity contribution in [2.75, 3.05) is 32.6 Å². The lowest BCUT2D eigenvalue weighted by molar-refractivity contribution is 0.0782. The van der Waals surface area contributed by atoms with Crippen molar-refractivity contribution >= 4 is 11.9 Å². The van der Waals surface area contributed by atoms with Gasteiger partial charge < -0.3 is 15.0 Å². The Bertz CT molecular complexity index is 691. The Balaban J connectivity index is 1.83. The van der Waals surface area contributed by atoms with Crippen LogP contribution in [0.5, 0.6) is 5.75 Å². The first-order valence-corrected chi connectivity index (χ1v) is 7.67. The molecule has 0 atom stereocenters. The van der Waals surface area contributed by atoms with Crippen molar-refractivity contribution in [2.24, 2.45) is 0 Å². The molecule has 0 saturated heterocycles. The van der Waals surface area contributed by atoms with Crippen LogP contribution in [0.4, 0.5) is 10.3 Å². The summed E-state index contributed by atoms with van der Waals surface area (Å²) in [6, 6.07) is 7.51. The number of hydrogen-bond donors (Lipinski definition) is 1. The van der Waals surface area contributed by atoms with Crippen LogP contribution in [0.2, 0.25) is 0 Å². The monoisotopic (exact) mass is 332 g/mol. The van der Waals surface area contributed by atoms with Gasteiger partial charge in [0.15, 0.2) is 0 Å². The molecule has 0 fully saturated rings. The van der Waals surface area contributed by atoms with Crippen molar-refractivity contribution < 1.29 is 13.9 Å². The van der Waals surface area contributed by atoms with Gasteiger partial charge in [0.1, 0.15) is 17.3 Å². The lowest BCUT2D eigenvalue weighted by atomic mass is 10.3. The predicted molar refractivity (Wildman–Crippen MR) is 89.8 cm³/mol. The van der Waals surface area contributed by atoms with Crippen LogP contribution < -0.4 is 10.1 Å². The van der Waals surface area contributed by atoms with Crippen molar-refractivity contribution in [1.29, 1.82) is 0 Å². The van der Waals surface area contributed by atoms with Crippen LogP contribution in [-0.4, -0.2) is 48.0 Å². The minimum Gasteiger partial charge on any atom is -0.494 e. The second-order valence-corrected chi connectivity index (χ2v) is 5.35. The van der Waals surface area contributed by atoms with Gasteiger partial charge in [-0.2, -0.15) is 0 Å². The van der Waals surface area contributed by atoms with Gasteiger partial charge in [-0.3, -0.25) is 4.79 Å². The van der Waals surface area contributed by atoms with Gasteiger partial charge in [-0.05, 0) is 43.7 Å². The van der Waals surface area contributed by atoms with Crippen LogP contribution >= 0.6 is 0 Å². The van der Waals surface area contributed by atoms with E-state index in [2.05, 4.69) is 15.3 Å². The minimum absolute atomic E-state index is 0.168. The molecule has 24 heavy (non-hydrogen) atoms. The van der Waals surface area contributed by atoms with Crippen molar-refractivity contribution in [3.8, 4) is 5.75 Å². The largest absolute Gasteiger partial charge is 0.494 e. The van der Waals surface area contributed by atoms with E-state index in [1.165, 1.54) is 12.1 Å². The standard InChI is InChI=1S/C17H21FN4O2/c1-12-11-15(21-17(19-2)20-12)16(23)22(3)9-4-10-24-14-7-5-13(18)6-8-14/h5-8,11H,4,9-10H2,1-3H3,(H,19,20,21). The minimum atomic E-state index is -0.297. The fourth-order valence-electron chi connectivity index (χ4n) is 2.11. The van der Waals surface area contributed by atoms with E-state index in [0.717, 1.165) is 5.69 Å². The quantitative estimate of drug-likeness (QED) is 0.789. The lowest BCUT2D eigenvalue weighted by Crippen LogP contribution is -2.29. The maximum atomic E-state index is 12.8. The van der Waals surface area contributed by atoms with E-state index in [0.29, 0.717) is 37.0 Å². The van der Waals surface area contributed by atoms with E-state index in [9.17, 15) is 9.18 Å². The molecule has 1 aromatic carbocycles. The van der Waals surface area contributed by atoms with Crippen LogP contribution in [0.3, 0.4) is 0 Å². The summed E-state index contributed by atoms with van der Waals surface area (Å²) in [5.74, 6) is 0.564. The van der Waals surface area contributed by atoms with Crippen molar-refractivity contribution in [1.82, 2.24) is 14.9 Å². The number of aromatic nitrogens is 2. The average molecular weight is 332 g/mol. The normalized spacial score (nSPS) is 10.3. The Morgan fingerprint density at radius 2 is 2.00 bits per heavy atom. The zero-order chi connectivity index (χ0) is 17.5. The molecular formula is C17H21FN4O2. The number of anilines is 1. The number of aryl methyl sites for hydroxylation is 1. The van der Waals surface area contributed by atoms with Crippen molar-refractivity contribution in [3.05, 3.63) is 47.5 Å². The predicted octanol–water partition coefficient (Wildman–Crippen LogP) is 2.51. The summed E-state index contributed by atoms with van der Waals surface area (Å²) in [5, 5.41) is 2.84. The van der Waals surface area contributed by atoms with Crippen LogP contribution in [0.25, 0.3) is 0 Å². The highest BCUT2D eigenvalue weighted by atomic mass is 19.1. The molecule has 0 aliphatic rings. The average Bonchev–Trinajstić information content (AvgIpc) is 2.58. The van der Waals surface area contributed by atoms with Crippen LogP contribution in [0.1, 0.15) is 22.6 Å². The summed E-state index contributed by atoms with van der Waals surface area (Å²) in [6.07, 6.45) is 0.655. The third-order valence-electron chi connectivity index (χ3n) is 3.36. The molecule has 0 spiro atoms. The van der Waals surface area contributed by atoms with Gasteiger partial charge >= 0.3 is 0 Å². The second kappa shape index (κ2) is 8.24. The molecule has 2 aromatic rings. The first-order valence-electron chi connectivity index (χ1n) is 7.67. The van der Waals surface area contributed by atoms with Crippen molar-refractivity contribution in [3.63, 3.8) is 0 Å². The first kappa shape index (κ1) is 17.7. The van der Waals surface area contributed by atoms with Gasteiger partial charge in [0.2, 0.25) is 5.95 Å². The number of carbonyl (C=O) groups is 1. The van der Waals surface area contributed by atoms with Gasteiger partial charge in [-0.25, -0.2) is 14.4 Å². The summed E-state index contributed by atoms with van der Waals surface area (Å²) in [7, 11) is 3.43. The summed E-state index contributed by atoms with van der Waals surface area (Å²) in [5.41, 5.74) is 1.08. The highest BCUT2D eigenvalue weighted by molar-refractivity contribution is 5.92. The van der Waals surface area contributed by atoms with Gasteiger partial charge in [0, 0.05) is 26.3 Å². The van der Waals surface area contributed by atoms with Gasteiger partial charge in [-0.1, -0.05) is 0 Å². The summed E-state index contributed by atoms with van der Waals surface area (Å²) >= 11 is 0. The van der Waals surface area contributed by atoms with E-state index in [4.69, 9.17) is 4.74 Å². The highest BCUT2D eigenvalue weighted by Crippen LogP contribution is 2.11. The lowest BCUT2D eigenvalue weighted by Gasteiger charge is -2.17. The molecule has 0 aliphatic carbocycles. The molecule has 1 amide bonds. The third-order valence-corrected chi connectivity index (χ3v) is 3.36. The Kier molecular flexibility index (Phi) is 6.06. The zero-order valence-electron chi connectivity index (χ0n) is 14.0. The van der Waals surface area contributed by atoms with E-state index in [1.54, 1.807) is 37.2 Å². The molecule has 1 heterocycles. The SMILES string of the molecule is CNc1nc(C)cc(C(=O)N(C)CCCOc2ccc(F)cc2)n1. The fraction of sp³-hybridized carbons (Fsp3) is 0.353. The molecule has 0 saturated carbocycles. The fourth-order valence-corrected chi connectivity index (χ4v) is 2.11. The number of amides is 1. The molecule has 0 aliphatic heterocycles. The molecule has 6 nitrogen and oxygen atoms in total. The first-order chi connectivity index (χ1) is 11.5. The number of carbonyl (C=O) groups excluding carboxylic acids is 1. The Morgan fingerprint density at radius 1 is 1.29 bits per heavy atom. The van der Waals surface area contributed by atoms with Crippen LogP contribution in [0, 0.1) is 12.7 Å². The van der Waals surface area contributed by atoms with Crippen LogP contribution in [-0.2, 0) is 0 Å². The summed E-state index contributed by atoms with van der Waals surface area (Å²) in [6.45, 7) is 2.78. The number of halogens is 1. The molecule has 1 aromatic heterocycles. The van der Waals surface area contributed by atoms with E-state index >= 15 is 0 Å². The molecule has 0 radical (unpaired) electrons. The number of ether oxygens (including phenoxy) is 1. The van der Waals surface area contributed by atoms with E-state index in [-0.39, 0.29) is 11.7 Å². The smallest absolute Gasteiger partial charge is 0.272 e. The highest BCUT2D eigenvalue weighted by Gasteiger charge is 2.14. The van der Waals surface area contributed by atoms with E-state index in [1.807, 2.05) is 6.92 Å². The second-order valence-electron chi connectivity index (χ2n) is 5.35. The molecule has 2 rings (SSSR count). The number of rotatable bonds is 7. The van der Waals surface area contributed by atoms with Gasteiger partial charge in [0.05, 0.1) is 6.61 Å². The van der Waals surface area contributed by atoms with Gasteiger partial charge in [-0.15, -0.1) is 0 Å². The number of nitrogens with one attached hydrogen (secondary N) is 1. The molecule has 7 heteroatoms. The van der Waals surface area contributed by atoms with Gasteiger partial charge in [0.25, 0.3) is 5.91 Å². The molecule has 0 unspecified atom stereocenters. The maximum absolute atomic E-state index is 12.8. The zero-order valence-corrected chi connectivity index (χ0v) is 14.0. The number of hydrogen-bond acceptors (Lipinski definition) is 5. The van der Waals surface area contributed by atoms with E-state index < -0.39 is 0 Å².